The molecular formula is C13H18FNO2. The van der Waals surface area contributed by atoms with Crippen LogP contribution >= 0.6 is 0 Å². The van der Waals surface area contributed by atoms with Crippen molar-refractivity contribution in [2.75, 3.05) is 26.3 Å². The molecule has 1 aliphatic rings. The third-order valence-corrected chi connectivity index (χ3v) is 2.77. The maximum atomic E-state index is 13.2. The third-order valence-electron chi connectivity index (χ3n) is 2.77. The van der Waals surface area contributed by atoms with Crippen molar-refractivity contribution in [2.45, 2.75) is 18.9 Å². The van der Waals surface area contributed by atoms with Crippen molar-refractivity contribution in [1.29, 1.82) is 0 Å². The Morgan fingerprint density at radius 2 is 2.29 bits per heavy atom. The number of rotatable bonds is 6. The van der Waals surface area contributed by atoms with E-state index in [1.807, 2.05) is 0 Å². The van der Waals surface area contributed by atoms with Gasteiger partial charge in [-0.05, 0) is 25.0 Å². The summed E-state index contributed by atoms with van der Waals surface area (Å²) in [5, 5.41) is 3.24. The van der Waals surface area contributed by atoms with Gasteiger partial charge in [-0.15, -0.1) is 0 Å². The lowest BCUT2D eigenvalue weighted by Crippen LogP contribution is -2.29. The monoisotopic (exact) mass is 239 g/mol. The maximum Gasteiger partial charge on any atom is 0.165 e. The number of ether oxygens (including phenoxy) is 2. The average molecular weight is 239 g/mol. The molecule has 0 bridgehead atoms. The molecule has 3 nitrogen and oxygen atoms in total. The lowest BCUT2D eigenvalue weighted by molar-refractivity contribution is 0.109. The van der Waals surface area contributed by atoms with Gasteiger partial charge in [-0.3, -0.25) is 0 Å². The second kappa shape index (κ2) is 6.57. The molecule has 1 atom stereocenters. The van der Waals surface area contributed by atoms with Crippen LogP contribution in [0.3, 0.4) is 0 Å². The van der Waals surface area contributed by atoms with Crippen LogP contribution in [0.15, 0.2) is 24.3 Å². The number of hydrogen-bond acceptors (Lipinski definition) is 3. The van der Waals surface area contributed by atoms with Crippen LogP contribution in [-0.2, 0) is 4.74 Å². The van der Waals surface area contributed by atoms with Crippen LogP contribution in [-0.4, -0.2) is 32.4 Å². The Hall–Kier alpha value is -1.13. The summed E-state index contributed by atoms with van der Waals surface area (Å²) in [6, 6.07) is 6.45. The summed E-state index contributed by atoms with van der Waals surface area (Å²) in [7, 11) is 0. The number of halogens is 1. The molecule has 0 amide bonds. The van der Waals surface area contributed by atoms with Crippen molar-refractivity contribution >= 4 is 0 Å². The quantitative estimate of drug-likeness (QED) is 0.770. The predicted molar refractivity (Wildman–Crippen MR) is 63.7 cm³/mol. The van der Waals surface area contributed by atoms with Crippen LogP contribution in [0.2, 0.25) is 0 Å². The molecule has 0 aromatic heterocycles. The summed E-state index contributed by atoms with van der Waals surface area (Å²) in [6.07, 6.45) is 2.61. The smallest absolute Gasteiger partial charge is 0.165 e. The molecule has 1 N–H and O–H groups in total. The van der Waals surface area contributed by atoms with Gasteiger partial charge in [0.1, 0.15) is 6.61 Å². The van der Waals surface area contributed by atoms with Gasteiger partial charge in [0.25, 0.3) is 0 Å². The van der Waals surface area contributed by atoms with Crippen molar-refractivity contribution in [2.24, 2.45) is 0 Å². The van der Waals surface area contributed by atoms with Gasteiger partial charge in [0, 0.05) is 19.7 Å². The number of para-hydroxylation sites is 1. The van der Waals surface area contributed by atoms with E-state index >= 15 is 0 Å². The molecule has 0 aliphatic carbocycles. The lowest BCUT2D eigenvalue weighted by atomic mass is 10.2. The SMILES string of the molecule is Fc1ccccc1OCCNCC1CCCO1. The molecule has 1 heterocycles. The Kier molecular flexibility index (Phi) is 4.76. The van der Waals surface area contributed by atoms with Crippen LogP contribution in [0.4, 0.5) is 4.39 Å². The standard InChI is InChI=1S/C13H18FNO2/c14-12-5-1-2-6-13(12)17-9-7-15-10-11-4-3-8-16-11/h1-2,5-6,11,15H,3-4,7-10H2. The van der Waals surface area contributed by atoms with Gasteiger partial charge < -0.3 is 14.8 Å². The van der Waals surface area contributed by atoms with Crippen molar-refractivity contribution in [1.82, 2.24) is 5.32 Å². The van der Waals surface area contributed by atoms with Gasteiger partial charge in [-0.2, -0.15) is 0 Å². The molecule has 1 fully saturated rings. The number of hydrogen-bond donors (Lipinski definition) is 1. The zero-order chi connectivity index (χ0) is 11.9. The third kappa shape index (κ3) is 3.98. The topological polar surface area (TPSA) is 30.5 Å². The highest BCUT2D eigenvalue weighted by atomic mass is 19.1. The zero-order valence-corrected chi connectivity index (χ0v) is 9.82. The highest BCUT2D eigenvalue weighted by Crippen LogP contribution is 2.14. The minimum absolute atomic E-state index is 0.311. The normalized spacial score (nSPS) is 19.5. The van der Waals surface area contributed by atoms with E-state index < -0.39 is 0 Å². The molecular weight excluding hydrogens is 221 g/mol. The van der Waals surface area contributed by atoms with E-state index in [9.17, 15) is 4.39 Å². The fourth-order valence-electron chi connectivity index (χ4n) is 1.86. The van der Waals surface area contributed by atoms with Crippen molar-refractivity contribution in [3.05, 3.63) is 30.1 Å². The Bertz CT molecular complexity index is 340. The Morgan fingerprint density at radius 1 is 1.41 bits per heavy atom. The van der Waals surface area contributed by atoms with Gasteiger partial charge >= 0.3 is 0 Å². The fourth-order valence-corrected chi connectivity index (χ4v) is 1.86. The molecule has 0 saturated carbocycles. The van der Waals surface area contributed by atoms with Crippen LogP contribution in [0.5, 0.6) is 5.75 Å². The number of benzene rings is 1. The highest BCUT2D eigenvalue weighted by Gasteiger charge is 2.14. The average Bonchev–Trinajstić information content (AvgIpc) is 2.84. The predicted octanol–water partition coefficient (Wildman–Crippen LogP) is 1.97. The molecule has 4 heteroatoms. The summed E-state index contributed by atoms with van der Waals surface area (Å²) >= 11 is 0. The summed E-state index contributed by atoms with van der Waals surface area (Å²) in [5.41, 5.74) is 0. The van der Waals surface area contributed by atoms with E-state index in [0.29, 0.717) is 25.0 Å². The van der Waals surface area contributed by atoms with E-state index in [2.05, 4.69) is 5.32 Å². The van der Waals surface area contributed by atoms with Crippen LogP contribution in [0.25, 0.3) is 0 Å². The zero-order valence-electron chi connectivity index (χ0n) is 9.82. The molecule has 2 rings (SSSR count). The highest BCUT2D eigenvalue weighted by molar-refractivity contribution is 5.23. The van der Waals surface area contributed by atoms with Gasteiger partial charge in [0.05, 0.1) is 6.10 Å². The Morgan fingerprint density at radius 3 is 3.06 bits per heavy atom. The molecule has 0 radical (unpaired) electrons. The Balaban J connectivity index is 1.58. The molecule has 1 aliphatic heterocycles. The first-order chi connectivity index (χ1) is 8.36. The molecule has 0 spiro atoms. The molecule has 1 unspecified atom stereocenters. The minimum Gasteiger partial charge on any atom is -0.489 e. The molecule has 1 aromatic carbocycles. The van der Waals surface area contributed by atoms with Crippen molar-refractivity contribution < 1.29 is 13.9 Å². The van der Waals surface area contributed by atoms with Crippen LogP contribution < -0.4 is 10.1 Å². The summed E-state index contributed by atoms with van der Waals surface area (Å²) < 4.78 is 24.0. The lowest BCUT2D eigenvalue weighted by Gasteiger charge is -2.11. The first kappa shape index (κ1) is 12.3. The molecule has 17 heavy (non-hydrogen) atoms. The fraction of sp³-hybridized carbons (Fsp3) is 0.538. The largest absolute Gasteiger partial charge is 0.489 e. The van der Waals surface area contributed by atoms with E-state index in [0.717, 1.165) is 26.0 Å². The van der Waals surface area contributed by atoms with E-state index in [4.69, 9.17) is 9.47 Å². The van der Waals surface area contributed by atoms with E-state index in [-0.39, 0.29) is 5.82 Å². The van der Waals surface area contributed by atoms with Gasteiger partial charge in [0.2, 0.25) is 0 Å². The molecule has 1 aromatic rings. The minimum atomic E-state index is -0.313. The van der Waals surface area contributed by atoms with Gasteiger partial charge in [0.15, 0.2) is 11.6 Å². The second-order valence-electron chi connectivity index (χ2n) is 4.12. The van der Waals surface area contributed by atoms with Crippen LogP contribution in [0, 0.1) is 5.82 Å². The van der Waals surface area contributed by atoms with Crippen molar-refractivity contribution in [3.63, 3.8) is 0 Å². The Labute approximate surface area is 101 Å². The van der Waals surface area contributed by atoms with Gasteiger partial charge in [-0.1, -0.05) is 12.1 Å². The van der Waals surface area contributed by atoms with E-state index in [1.165, 1.54) is 6.07 Å². The first-order valence-electron chi connectivity index (χ1n) is 6.06. The van der Waals surface area contributed by atoms with Gasteiger partial charge in [-0.25, -0.2) is 4.39 Å². The number of nitrogens with one attached hydrogen (secondary N) is 1. The first-order valence-corrected chi connectivity index (χ1v) is 6.06. The summed E-state index contributed by atoms with van der Waals surface area (Å²) in [5.74, 6) is -0.00181. The summed E-state index contributed by atoms with van der Waals surface area (Å²) in [6.45, 7) is 2.89. The van der Waals surface area contributed by atoms with Crippen molar-refractivity contribution in [3.8, 4) is 5.75 Å². The molecule has 1 saturated heterocycles. The second-order valence-corrected chi connectivity index (χ2v) is 4.12. The maximum absolute atomic E-state index is 13.2. The van der Waals surface area contributed by atoms with E-state index in [1.54, 1.807) is 18.2 Å². The summed E-state index contributed by atoms with van der Waals surface area (Å²) in [4.78, 5) is 0. The molecule has 94 valence electrons. The van der Waals surface area contributed by atoms with Crippen LogP contribution in [0.1, 0.15) is 12.8 Å².